The standard InChI is InChI=1S/C13H19NO2S/c1-9-7-10(2)12(14)8-11(9)13(15)16-5-4-6-17-3/h7-8H,4-6,14H2,1-3H3. The number of rotatable bonds is 5. The molecule has 0 saturated carbocycles. The number of carbonyl (C=O) groups excluding carboxylic acids is 1. The molecule has 0 saturated heterocycles. The van der Waals surface area contributed by atoms with Crippen LogP contribution < -0.4 is 5.73 Å². The number of anilines is 1. The number of hydrogen-bond acceptors (Lipinski definition) is 4. The first kappa shape index (κ1) is 13.9. The Morgan fingerprint density at radius 2 is 2.06 bits per heavy atom. The lowest BCUT2D eigenvalue weighted by Gasteiger charge is -2.09. The van der Waals surface area contributed by atoms with E-state index in [1.54, 1.807) is 17.8 Å². The number of nitrogens with two attached hydrogens (primary N) is 1. The summed E-state index contributed by atoms with van der Waals surface area (Å²) >= 11 is 1.75. The molecule has 4 heteroatoms. The van der Waals surface area contributed by atoms with Crippen LogP contribution in [0.2, 0.25) is 0 Å². The van der Waals surface area contributed by atoms with E-state index < -0.39 is 0 Å². The Morgan fingerprint density at radius 1 is 1.35 bits per heavy atom. The van der Waals surface area contributed by atoms with Gasteiger partial charge in [0.05, 0.1) is 12.2 Å². The summed E-state index contributed by atoms with van der Waals surface area (Å²) in [7, 11) is 0. The van der Waals surface area contributed by atoms with Gasteiger partial charge in [0.15, 0.2) is 0 Å². The molecule has 1 aromatic carbocycles. The molecule has 0 radical (unpaired) electrons. The first-order valence-corrected chi connectivity index (χ1v) is 6.98. The highest BCUT2D eigenvalue weighted by molar-refractivity contribution is 7.98. The normalized spacial score (nSPS) is 10.3. The fourth-order valence-electron chi connectivity index (χ4n) is 1.53. The lowest BCUT2D eigenvalue weighted by Crippen LogP contribution is -2.10. The molecule has 0 fully saturated rings. The van der Waals surface area contributed by atoms with E-state index in [4.69, 9.17) is 10.5 Å². The molecule has 0 heterocycles. The van der Waals surface area contributed by atoms with Gasteiger partial charge in [-0.2, -0.15) is 11.8 Å². The average molecular weight is 253 g/mol. The number of aryl methyl sites for hydroxylation is 2. The average Bonchev–Trinajstić information content (AvgIpc) is 2.29. The van der Waals surface area contributed by atoms with Crippen molar-refractivity contribution in [2.24, 2.45) is 0 Å². The van der Waals surface area contributed by atoms with Crippen LogP contribution in [-0.2, 0) is 4.74 Å². The van der Waals surface area contributed by atoms with E-state index >= 15 is 0 Å². The quantitative estimate of drug-likeness (QED) is 0.498. The molecule has 2 N–H and O–H groups in total. The highest BCUT2D eigenvalue weighted by atomic mass is 32.2. The number of thioether (sulfide) groups is 1. The van der Waals surface area contributed by atoms with Crippen molar-refractivity contribution in [1.82, 2.24) is 0 Å². The molecule has 0 aliphatic rings. The smallest absolute Gasteiger partial charge is 0.338 e. The van der Waals surface area contributed by atoms with E-state index in [0.29, 0.717) is 17.9 Å². The van der Waals surface area contributed by atoms with Crippen LogP contribution in [0.5, 0.6) is 0 Å². The van der Waals surface area contributed by atoms with Crippen LogP contribution in [0, 0.1) is 13.8 Å². The minimum atomic E-state index is -0.282. The van der Waals surface area contributed by atoms with Gasteiger partial charge in [-0.05, 0) is 49.5 Å². The van der Waals surface area contributed by atoms with E-state index in [1.165, 1.54) is 0 Å². The van der Waals surface area contributed by atoms with Crippen molar-refractivity contribution in [2.75, 3.05) is 24.3 Å². The van der Waals surface area contributed by atoms with Gasteiger partial charge >= 0.3 is 5.97 Å². The van der Waals surface area contributed by atoms with Gasteiger partial charge in [0.25, 0.3) is 0 Å². The van der Waals surface area contributed by atoms with Gasteiger partial charge in [-0.3, -0.25) is 0 Å². The third-order valence-electron chi connectivity index (χ3n) is 2.56. The molecule has 94 valence electrons. The zero-order valence-electron chi connectivity index (χ0n) is 10.6. The van der Waals surface area contributed by atoms with Crippen LogP contribution in [0.3, 0.4) is 0 Å². The van der Waals surface area contributed by atoms with Crippen molar-refractivity contribution >= 4 is 23.4 Å². The zero-order chi connectivity index (χ0) is 12.8. The van der Waals surface area contributed by atoms with Gasteiger partial charge in [0, 0.05) is 5.69 Å². The van der Waals surface area contributed by atoms with Crippen LogP contribution in [0.15, 0.2) is 12.1 Å². The number of carbonyl (C=O) groups is 1. The molecule has 0 bridgehead atoms. The number of benzene rings is 1. The van der Waals surface area contributed by atoms with E-state index in [9.17, 15) is 4.79 Å². The summed E-state index contributed by atoms with van der Waals surface area (Å²) in [5, 5.41) is 0. The molecule has 0 unspecified atom stereocenters. The number of nitrogen functional groups attached to an aromatic ring is 1. The van der Waals surface area contributed by atoms with E-state index in [1.807, 2.05) is 26.2 Å². The van der Waals surface area contributed by atoms with Crippen LogP contribution in [0.1, 0.15) is 27.9 Å². The Kier molecular flexibility index (Phi) is 5.35. The minimum Gasteiger partial charge on any atom is -0.462 e. The van der Waals surface area contributed by atoms with E-state index in [0.717, 1.165) is 23.3 Å². The van der Waals surface area contributed by atoms with Crippen molar-refractivity contribution in [3.8, 4) is 0 Å². The van der Waals surface area contributed by atoms with Crippen molar-refractivity contribution < 1.29 is 9.53 Å². The van der Waals surface area contributed by atoms with Gasteiger partial charge in [0.1, 0.15) is 0 Å². The van der Waals surface area contributed by atoms with Crippen molar-refractivity contribution in [3.05, 3.63) is 28.8 Å². The van der Waals surface area contributed by atoms with Crippen molar-refractivity contribution in [1.29, 1.82) is 0 Å². The fourth-order valence-corrected chi connectivity index (χ4v) is 1.94. The third kappa shape index (κ3) is 3.97. The highest BCUT2D eigenvalue weighted by Gasteiger charge is 2.11. The summed E-state index contributed by atoms with van der Waals surface area (Å²) in [6, 6.07) is 3.61. The lowest BCUT2D eigenvalue weighted by molar-refractivity contribution is 0.0505. The predicted molar refractivity (Wildman–Crippen MR) is 73.6 cm³/mol. The number of esters is 1. The molecule has 0 aromatic heterocycles. The lowest BCUT2D eigenvalue weighted by atomic mass is 10.0. The minimum absolute atomic E-state index is 0.282. The molecule has 17 heavy (non-hydrogen) atoms. The van der Waals surface area contributed by atoms with Crippen molar-refractivity contribution in [3.63, 3.8) is 0 Å². The Morgan fingerprint density at radius 3 is 2.71 bits per heavy atom. The molecule has 1 rings (SSSR count). The maximum Gasteiger partial charge on any atom is 0.338 e. The van der Waals surface area contributed by atoms with Crippen LogP contribution in [0.25, 0.3) is 0 Å². The second-order valence-electron chi connectivity index (χ2n) is 4.01. The summed E-state index contributed by atoms with van der Waals surface area (Å²) in [5.41, 5.74) is 8.89. The molecule has 0 spiro atoms. The van der Waals surface area contributed by atoms with E-state index in [2.05, 4.69) is 0 Å². The molecular formula is C13H19NO2S. The Bertz CT molecular complexity index is 405. The fraction of sp³-hybridized carbons (Fsp3) is 0.462. The largest absolute Gasteiger partial charge is 0.462 e. The van der Waals surface area contributed by atoms with Gasteiger partial charge < -0.3 is 10.5 Å². The highest BCUT2D eigenvalue weighted by Crippen LogP contribution is 2.18. The first-order valence-electron chi connectivity index (χ1n) is 5.59. The second-order valence-corrected chi connectivity index (χ2v) is 4.99. The maximum absolute atomic E-state index is 11.8. The van der Waals surface area contributed by atoms with Gasteiger partial charge in [-0.15, -0.1) is 0 Å². The molecular weight excluding hydrogens is 234 g/mol. The predicted octanol–water partition coefficient (Wildman–Crippen LogP) is 2.80. The number of ether oxygens (including phenoxy) is 1. The van der Waals surface area contributed by atoms with Crippen molar-refractivity contribution in [2.45, 2.75) is 20.3 Å². The Hall–Kier alpha value is -1.16. The zero-order valence-corrected chi connectivity index (χ0v) is 11.4. The first-order chi connectivity index (χ1) is 8.06. The van der Waals surface area contributed by atoms with Crippen LogP contribution >= 0.6 is 11.8 Å². The topological polar surface area (TPSA) is 52.3 Å². The summed E-state index contributed by atoms with van der Waals surface area (Å²) in [4.78, 5) is 11.8. The third-order valence-corrected chi connectivity index (χ3v) is 3.26. The molecule has 0 amide bonds. The molecule has 0 aliphatic heterocycles. The van der Waals surface area contributed by atoms with Gasteiger partial charge in [-0.25, -0.2) is 4.79 Å². The molecule has 0 aliphatic carbocycles. The summed E-state index contributed by atoms with van der Waals surface area (Å²) in [6.07, 6.45) is 2.92. The molecule has 1 aromatic rings. The monoisotopic (exact) mass is 253 g/mol. The summed E-state index contributed by atoms with van der Waals surface area (Å²) in [5.74, 6) is 0.720. The molecule has 3 nitrogen and oxygen atoms in total. The molecule has 0 atom stereocenters. The maximum atomic E-state index is 11.8. The summed E-state index contributed by atoms with van der Waals surface area (Å²) in [6.45, 7) is 4.29. The van der Waals surface area contributed by atoms with Crippen LogP contribution in [0.4, 0.5) is 5.69 Å². The Balaban J connectivity index is 2.66. The summed E-state index contributed by atoms with van der Waals surface area (Å²) < 4.78 is 5.20. The van der Waals surface area contributed by atoms with Gasteiger partial charge in [-0.1, -0.05) is 6.07 Å². The number of hydrogen-bond donors (Lipinski definition) is 1. The Labute approximate surface area is 107 Å². The van der Waals surface area contributed by atoms with Crippen LogP contribution in [-0.4, -0.2) is 24.6 Å². The second kappa shape index (κ2) is 6.55. The SMILES string of the molecule is CSCCCOC(=O)c1cc(N)c(C)cc1C. The van der Waals surface area contributed by atoms with Gasteiger partial charge in [0.2, 0.25) is 0 Å². The van der Waals surface area contributed by atoms with E-state index in [-0.39, 0.29) is 5.97 Å².